The molecule has 0 radical (unpaired) electrons. The van der Waals surface area contributed by atoms with Gasteiger partial charge in [0.25, 0.3) is 10.1 Å². The minimum atomic E-state index is -4.19. The SMILES string of the molecule is Cl.O=S(=O)(O)c1ccc(-c2ccc(Oc3ccccc3-c3ccncc3)cc2)cc1. The van der Waals surface area contributed by atoms with Crippen molar-refractivity contribution in [3.05, 3.63) is 97.3 Å². The molecule has 152 valence electrons. The third-order valence-electron chi connectivity index (χ3n) is 4.45. The van der Waals surface area contributed by atoms with Crippen LogP contribution in [-0.2, 0) is 10.1 Å². The number of aromatic nitrogens is 1. The lowest BCUT2D eigenvalue weighted by Gasteiger charge is -2.12. The highest BCUT2D eigenvalue weighted by molar-refractivity contribution is 7.85. The summed E-state index contributed by atoms with van der Waals surface area (Å²) in [6.07, 6.45) is 3.49. The van der Waals surface area contributed by atoms with E-state index in [2.05, 4.69) is 4.98 Å². The largest absolute Gasteiger partial charge is 0.457 e. The van der Waals surface area contributed by atoms with Crippen LogP contribution >= 0.6 is 12.4 Å². The normalized spacial score (nSPS) is 10.8. The van der Waals surface area contributed by atoms with E-state index in [1.165, 1.54) is 12.1 Å². The van der Waals surface area contributed by atoms with Crippen LogP contribution < -0.4 is 4.74 Å². The third kappa shape index (κ3) is 4.86. The van der Waals surface area contributed by atoms with E-state index in [4.69, 9.17) is 9.29 Å². The van der Waals surface area contributed by atoms with Gasteiger partial charge in [0.05, 0.1) is 4.90 Å². The fourth-order valence-electron chi connectivity index (χ4n) is 2.99. The van der Waals surface area contributed by atoms with E-state index in [9.17, 15) is 8.42 Å². The van der Waals surface area contributed by atoms with Crippen LogP contribution in [0.25, 0.3) is 22.3 Å². The van der Waals surface area contributed by atoms with Crippen molar-refractivity contribution in [2.45, 2.75) is 4.90 Å². The molecule has 0 saturated heterocycles. The molecule has 0 fully saturated rings. The van der Waals surface area contributed by atoms with Crippen molar-refractivity contribution in [3.8, 4) is 33.8 Å². The Labute approximate surface area is 181 Å². The molecule has 0 aliphatic rings. The van der Waals surface area contributed by atoms with Crippen molar-refractivity contribution in [1.29, 1.82) is 0 Å². The summed E-state index contributed by atoms with van der Waals surface area (Å²) >= 11 is 0. The first kappa shape index (κ1) is 21.5. The molecular formula is C23H18ClNO4S. The number of halogens is 1. The monoisotopic (exact) mass is 439 g/mol. The maximum Gasteiger partial charge on any atom is 0.294 e. The van der Waals surface area contributed by atoms with Gasteiger partial charge in [-0.15, -0.1) is 12.4 Å². The van der Waals surface area contributed by atoms with Crippen LogP contribution in [0.15, 0.2) is 102 Å². The maximum atomic E-state index is 11.2. The van der Waals surface area contributed by atoms with E-state index in [-0.39, 0.29) is 17.3 Å². The van der Waals surface area contributed by atoms with Crippen LogP contribution in [-0.4, -0.2) is 18.0 Å². The summed E-state index contributed by atoms with van der Waals surface area (Å²) in [5.74, 6) is 1.42. The number of nitrogens with zero attached hydrogens (tertiary/aromatic N) is 1. The lowest BCUT2D eigenvalue weighted by Crippen LogP contribution is -1.97. The number of hydrogen-bond acceptors (Lipinski definition) is 4. The molecule has 3 aromatic carbocycles. The van der Waals surface area contributed by atoms with Gasteiger partial charge in [-0.1, -0.05) is 42.5 Å². The van der Waals surface area contributed by atoms with E-state index < -0.39 is 10.1 Å². The van der Waals surface area contributed by atoms with E-state index in [0.717, 1.165) is 28.0 Å². The molecule has 0 amide bonds. The van der Waals surface area contributed by atoms with E-state index >= 15 is 0 Å². The maximum absolute atomic E-state index is 11.2. The van der Waals surface area contributed by atoms with Crippen molar-refractivity contribution < 1.29 is 17.7 Å². The zero-order valence-electron chi connectivity index (χ0n) is 15.7. The Kier molecular flexibility index (Phi) is 6.52. The number of ether oxygens (including phenoxy) is 1. The topological polar surface area (TPSA) is 76.5 Å². The van der Waals surface area contributed by atoms with Crippen molar-refractivity contribution in [2.24, 2.45) is 0 Å². The summed E-state index contributed by atoms with van der Waals surface area (Å²) in [7, 11) is -4.19. The number of rotatable bonds is 5. The zero-order valence-corrected chi connectivity index (χ0v) is 17.3. The Morgan fingerprint density at radius 2 is 1.27 bits per heavy atom. The highest BCUT2D eigenvalue weighted by atomic mass is 35.5. The summed E-state index contributed by atoms with van der Waals surface area (Å²) in [5.41, 5.74) is 3.73. The summed E-state index contributed by atoms with van der Waals surface area (Å²) in [4.78, 5) is 3.92. The quantitative estimate of drug-likeness (QED) is 0.393. The van der Waals surface area contributed by atoms with Crippen molar-refractivity contribution >= 4 is 22.5 Å². The smallest absolute Gasteiger partial charge is 0.294 e. The Morgan fingerprint density at radius 1 is 0.700 bits per heavy atom. The fourth-order valence-corrected chi connectivity index (χ4v) is 3.47. The summed E-state index contributed by atoms with van der Waals surface area (Å²) in [6.45, 7) is 0. The molecular weight excluding hydrogens is 422 g/mol. The number of benzene rings is 3. The van der Waals surface area contributed by atoms with Crippen LogP contribution in [0.4, 0.5) is 0 Å². The van der Waals surface area contributed by atoms with Gasteiger partial charge < -0.3 is 4.74 Å². The lowest BCUT2D eigenvalue weighted by molar-refractivity contribution is 0.483. The molecule has 0 bridgehead atoms. The van der Waals surface area contributed by atoms with Gasteiger partial charge in [0.15, 0.2) is 0 Å². The molecule has 1 aromatic heterocycles. The molecule has 0 unspecified atom stereocenters. The van der Waals surface area contributed by atoms with Gasteiger partial charge in [-0.3, -0.25) is 9.54 Å². The fraction of sp³-hybridized carbons (Fsp3) is 0. The molecule has 0 atom stereocenters. The van der Waals surface area contributed by atoms with Gasteiger partial charge in [0, 0.05) is 18.0 Å². The molecule has 30 heavy (non-hydrogen) atoms. The number of hydrogen-bond donors (Lipinski definition) is 1. The van der Waals surface area contributed by atoms with Gasteiger partial charge in [-0.25, -0.2) is 0 Å². The van der Waals surface area contributed by atoms with Crippen LogP contribution in [0, 0.1) is 0 Å². The predicted molar refractivity (Wildman–Crippen MR) is 119 cm³/mol. The zero-order chi connectivity index (χ0) is 20.3. The molecule has 4 aromatic rings. The second-order valence-electron chi connectivity index (χ2n) is 6.36. The first-order valence-electron chi connectivity index (χ1n) is 8.86. The molecule has 0 spiro atoms. The minimum absolute atomic E-state index is 0. The molecule has 0 saturated carbocycles. The van der Waals surface area contributed by atoms with Crippen LogP contribution in [0.2, 0.25) is 0 Å². The van der Waals surface area contributed by atoms with Gasteiger partial charge in [0.1, 0.15) is 11.5 Å². The molecule has 5 nitrogen and oxygen atoms in total. The van der Waals surface area contributed by atoms with Gasteiger partial charge in [0.2, 0.25) is 0 Å². The molecule has 0 aliphatic carbocycles. The lowest BCUT2D eigenvalue weighted by atomic mass is 10.1. The molecule has 7 heteroatoms. The Bertz CT molecular complexity index is 1230. The number of pyridine rings is 1. The molecule has 1 N–H and O–H groups in total. The summed E-state index contributed by atoms with van der Waals surface area (Å²) in [5, 5.41) is 0. The molecule has 0 aliphatic heterocycles. The molecule has 1 heterocycles. The van der Waals surface area contributed by atoms with Crippen molar-refractivity contribution in [3.63, 3.8) is 0 Å². The third-order valence-corrected chi connectivity index (χ3v) is 5.31. The highest BCUT2D eigenvalue weighted by Crippen LogP contribution is 2.33. The summed E-state index contributed by atoms with van der Waals surface area (Å²) < 4.78 is 37.5. The average Bonchev–Trinajstić information content (AvgIpc) is 2.75. The van der Waals surface area contributed by atoms with Crippen molar-refractivity contribution in [1.82, 2.24) is 4.98 Å². The number of para-hydroxylation sites is 1. The Balaban J connectivity index is 0.00000256. The van der Waals surface area contributed by atoms with Crippen LogP contribution in [0.3, 0.4) is 0 Å². The highest BCUT2D eigenvalue weighted by Gasteiger charge is 2.10. The average molecular weight is 440 g/mol. The van der Waals surface area contributed by atoms with E-state index in [1.807, 2.05) is 60.7 Å². The van der Waals surface area contributed by atoms with Gasteiger partial charge >= 0.3 is 0 Å². The van der Waals surface area contributed by atoms with E-state index in [0.29, 0.717) is 5.75 Å². The first-order chi connectivity index (χ1) is 14.0. The van der Waals surface area contributed by atoms with E-state index in [1.54, 1.807) is 24.5 Å². The Morgan fingerprint density at radius 3 is 1.87 bits per heavy atom. The summed E-state index contributed by atoms with van der Waals surface area (Å²) in [6, 6.07) is 25.2. The predicted octanol–water partition coefficient (Wildman–Crippen LogP) is 5.88. The van der Waals surface area contributed by atoms with Crippen LogP contribution in [0.5, 0.6) is 11.5 Å². The minimum Gasteiger partial charge on any atom is -0.457 e. The molecule has 4 rings (SSSR count). The van der Waals surface area contributed by atoms with Crippen molar-refractivity contribution in [2.75, 3.05) is 0 Å². The van der Waals surface area contributed by atoms with Gasteiger partial charge in [-0.2, -0.15) is 8.42 Å². The standard InChI is InChI=1S/C23H17NO4S.ClH/c25-29(26,27)21-11-7-18(8-12-21)17-5-9-20(10-6-17)28-23-4-2-1-3-22(23)19-13-15-24-16-14-19;/h1-16H,(H,25,26,27);1H. The van der Waals surface area contributed by atoms with Gasteiger partial charge in [-0.05, 0) is 59.2 Å². The first-order valence-corrected chi connectivity index (χ1v) is 10.3. The Hall–Kier alpha value is -3.19. The second-order valence-corrected chi connectivity index (χ2v) is 7.78. The second kappa shape index (κ2) is 9.09. The van der Waals surface area contributed by atoms with Crippen LogP contribution in [0.1, 0.15) is 0 Å².